The first-order chi connectivity index (χ1) is 13.6. The molecule has 0 saturated heterocycles. The van der Waals surface area contributed by atoms with Crippen LogP contribution in [0.25, 0.3) is 0 Å². The maximum absolute atomic E-state index is 12.4. The van der Waals surface area contributed by atoms with Crippen LogP contribution in [0.15, 0.2) is 59.3 Å². The first-order valence-corrected chi connectivity index (χ1v) is 8.91. The largest absolute Gasteiger partial charge is 0.454 e. The minimum atomic E-state index is -0.392. The smallest absolute Gasteiger partial charge is 0.293 e. The van der Waals surface area contributed by atoms with Crippen LogP contribution in [0.4, 0.5) is 5.95 Å². The number of hydrogen-bond acceptors (Lipinski definition) is 5. The summed E-state index contributed by atoms with van der Waals surface area (Å²) in [6, 6.07) is 15.3. The van der Waals surface area contributed by atoms with Crippen LogP contribution >= 0.6 is 0 Å². The van der Waals surface area contributed by atoms with Gasteiger partial charge in [-0.05, 0) is 37.6 Å². The second-order valence-electron chi connectivity index (χ2n) is 6.56. The predicted octanol–water partition coefficient (Wildman–Crippen LogP) is 3.03. The van der Waals surface area contributed by atoms with E-state index in [1.807, 2.05) is 54.9 Å². The second-order valence-corrected chi connectivity index (χ2v) is 6.56. The maximum atomic E-state index is 12.4. The van der Waals surface area contributed by atoms with E-state index in [0.29, 0.717) is 18.8 Å². The molecule has 0 atom stereocenters. The molecule has 1 N–H and O–H groups in total. The van der Waals surface area contributed by atoms with Crippen molar-refractivity contribution in [1.82, 2.24) is 24.5 Å². The van der Waals surface area contributed by atoms with Gasteiger partial charge in [0.15, 0.2) is 5.76 Å². The summed E-state index contributed by atoms with van der Waals surface area (Å²) in [5.74, 6) is 0.698. The summed E-state index contributed by atoms with van der Waals surface area (Å²) in [5, 5.41) is 11.3. The Labute approximate surface area is 161 Å². The Balaban J connectivity index is 1.39. The molecule has 0 spiro atoms. The number of carbonyl (C=O) groups excluding carboxylic acids is 1. The molecular formula is C20H20N6O2. The third-order valence-corrected chi connectivity index (χ3v) is 4.24. The van der Waals surface area contributed by atoms with E-state index in [1.165, 1.54) is 0 Å². The van der Waals surface area contributed by atoms with Crippen LogP contribution in [-0.2, 0) is 13.1 Å². The fraction of sp³-hybridized carbons (Fsp3) is 0.200. The molecule has 0 fully saturated rings. The standard InChI is InChI=1S/C20H20N6O2/c1-14-10-15(2)26(23-14)12-17-8-9-18(28-17)19(27)22-20-21-13-25(24-20)11-16-6-4-3-5-7-16/h3-10,13H,11-12H2,1-2H3,(H,22,24,27). The average molecular weight is 376 g/mol. The molecule has 8 heteroatoms. The molecule has 8 nitrogen and oxygen atoms in total. The van der Waals surface area contributed by atoms with E-state index in [2.05, 4.69) is 20.5 Å². The Morgan fingerprint density at radius 3 is 2.64 bits per heavy atom. The fourth-order valence-electron chi connectivity index (χ4n) is 2.93. The first kappa shape index (κ1) is 17.7. The molecule has 0 bridgehead atoms. The monoisotopic (exact) mass is 376 g/mol. The van der Waals surface area contributed by atoms with Gasteiger partial charge >= 0.3 is 0 Å². The summed E-state index contributed by atoms with van der Waals surface area (Å²) in [4.78, 5) is 16.5. The lowest BCUT2D eigenvalue weighted by Crippen LogP contribution is -2.12. The quantitative estimate of drug-likeness (QED) is 0.558. The molecule has 0 unspecified atom stereocenters. The molecule has 0 aliphatic heterocycles. The van der Waals surface area contributed by atoms with Crippen molar-refractivity contribution >= 4 is 11.9 Å². The zero-order chi connectivity index (χ0) is 19.5. The van der Waals surface area contributed by atoms with Crippen molar-refractivity contribution in [3.05, 3.63) is 83.3 Å². The number of rotatable bonds is 6. The van der Waals surface area contributed by atoms with Crippen LogP contribution in [0.2, 0.25) is 0 Å². The molecule has 0 saturated carbocycles. The minimum absolute atomic E-state index is 0.205. The van der Waals surface area contributed by atoms with Crippen molar-refractivity contribution in [3.63, 3.8) is 0 Å². The van der Waals surface area contributed by atoms with Crippen molar-refractivity contribution in [2.75, 3.05) is 5.32 Å². The molecular weight excluding hydrogens is 356 g/mol. The van der Waals surface area contributed by atoms with Gasteiger partial charge < -0.3 is 4.42 Å². The Kier molecular flexibility index (Phi) is 4.76. The molecule has 4 rings (SSSR count). The highest BCUT2D eigenvalue weighted by molar-refractivity contribution is 6.01. The number of carbonyl (C=O) groups is 1. The zero-order valence-corrected chi connectivity index (χ0v) is 15.7. The lowest BCUT2D eigenvalue weighted by molar-refractivity contribution is 0.0993. The van der Waals surface area contributed by atoms with Crippen LogP contribution in [0.5, 0.6) is 0 Å². The van der Waals surface area contributed by atoms with Crippen LogP contribution in [0, 0.1) is 13.8 Å². The van der Waals surface area contributed by atoms with E-state index in [9.17, 15) is 4.79 Å². The number of aryl methyl sites for hydroxylation is 2. The van der Waals surface area contributed by atoms with Crippen LogP contribution < -0.4 is 5.32 Å². The highest BCUT2D eigenvalue weighted by Crippen LogP contribution is 2.13. The summed E-state index contributed by atoms with van der Waals surface area (Å²) in [6.07, 6.45) is 1.58. The highest BCUT2D eigenvalue weighted by Gasteiger charge is 2.14. The van der Waals surface area contributed by atoms with Crippen molar-refractivity contribution in [2.24, 2.45) is 0 Å². The topological polar surface area (TPSA) is 90.8 Å². The van der Waals surface area contributed by atoms with E-state index in [4.69, 9.17) is 4.42 Å². The Morgan fingerprint density at radius 1 is 1.07 bits per heavy atom. The molecule has 1 amide bonds. The second kappa shape index (κ2) is 7.51. The Hall–Kier alpha value is -3.68. The van der Waals surface area contributed by atoms with Gasteiger partial charge in [-0.1, -0.05) is 30.3 Å². The number of aromatic nitrogens is 5. The lowest BCUT2D eigenvalue weighted by atomic mass is 10.2. The predicted molar refractivity (Wildman–Crippen MR) is 103 cm³/mol. The minimum Gasteiger partial charge on any atom is -0.454 e. The van der Waals surface area contributed by atoms with E-state index in [1.54, 1.807) is 23.1 Å². The van der Waals surface area contributed by atoms with Gasteiger partial charge in [0.05, 0.1) is 18.8 Å². The molecule has 3 aromatic heterocycles. The van der Waals surface area contributed by atoms with Crippen molar-refractivity contribution in [1.29, 1.82) is 0 Å². The van der Waals surface area contributed by atoms with Gasteiger partial charge in [0.25, 0.3) is 5.91 Å². The molecule has 28 heavy (non-hydrogen) atoms. The normalized spacial score (nSPS) is 10.9. The van der Waals surface area contributed by atoms with Crippen LogP contribution in [0.1, 0.15) is 33.3 Å². The molecule has 142 valence electrons. The van der Waals surface area contributed by atoms with Gasteiger partial charge in [-0.25, -0.2) is 9.67 Å². The Bertz CT molecular complexity index is 1090. The summed E-state index contributed by atoms with van der Waals surface area (Å²) < 4.78 is 9.16. The SMILES string of the molecule is Cc1cc(C)n(Cc2ccc(C(=O)Nc3ncn(Cc4ccccc4)n3)o2)n1. The number of furan rings is 1. The van der Waals surface area contributed by atoms with E-state index in [0.717, 1.165) is 17.0 Å². The summed E-state index contributed by atoms with van der Waals surface area (Å²) in [6.45, 7) is 4.97. The molecule has 0 aliphatic rings. The van der Waals surface area contributed by atoms with Gasteiger partial charge in [0.1, 0.15) is 12.1 Å². The van der Waals surface area contributed by atoms with Gasteiger partial charge in [-0.3, -0.25) is 14.8 Å². The first-order valence-electron chi connectivity index (χ1n) is 8.91. The molecule has 0 radical (unpaired) electrons. The third kappa shape index (κ3) is 4.01. The molecule has 1 aromatic carbocycles. The molecule has 0 aliphatic carbocycles. The van der Waals surface area contributed by atoms with Crippen molar-refractivity contribution in [2.45, 2.75) is 26.9 Å². The number of benzene rings is 1. The van der Waals surface area contributed by atoms with Gasteiger partial charge in [-0.15, -0.1) is 5.10 Å². The van der Waals surface area contributed by atoms with Gasteiger partial charge in [-0.2, -0.15) is 5.10 Å². The lowest BCUT2D eigenvalue weighted by Gasteiger charge is -2.02. The maximum Gasteiger partial charge on any atom is 0.293 e. The van der Waals surface area contributed by atoms with Gasteiger partial charge in [0.2, 0.25) is 5.95 Å². The number of nitrogens with zero attached hydrogens (tertiary/aromatic N) is 5. The zero-order valence-electron chi connectivity index (χ0n) is 15.7. The van der Waals surface area contributed by atoms with E-state index < -0.39 is 5.91 Å². The summed E-state index contributed by atoms with van der Waals surface area (Å²) in [5.41, 5.74) is 3.08. The van der Waals surface area contributed by atoms with Crippen molar-refractivity contribution in [3.8, 4) is 0 Å². The van der Waals surface area contributed by atoms with E-state index >= 15 is 0 Å². The van der Waals surface area contributed by atoms with Crippen molar-refractivity contribution < 1.29 is 9.21 Å². The fourth-order valence-corrected chi connectivity index (χ4v) is 2.93. The number of amides is 1. The van der Waals surface area contributed by atoms with Crippen LogP contribution in [-0.4, -0.2) is 30.5 Å². The molecule has 4 aromatic rings. The third-order valence-electron chi connectivity index (χ3n) is 4.24. The Morgan fingerprint density at radius 2 is 1.89 bits per heavy atom. The van der Waals surface area contributed by atoms with E-state index in [-0.39, 0.29) is 11.7 Å². The molecule has 3 heterocycles. The summed E-state index contributed by atoms with van der Waals surface area (Å²) >= 11 is 0. The summed E-state index contributed by atoms with van der Waals surface area (Å²) in [7, 11) is 0. The average Bonchev–Trinajstić information content (AvgIpc) is 3.38. The van der Waals surface area contributed by atoms with Crippen LogP contribution in [0.3, 0.4) is 0 Å². The highest BCUT2D eigenvalue weighted by atomic mass is 16.4. The van der Waals surface area contributed by atoms with Gasteiger partial charge in [0, 0.05) is 5.69 Å². The number of nitrogens with one attached hydrogen (secondary N) is 1. The number of hydrogen-bond donors (Lipinski definition) is 1. The number of anilines is 1.